The van der Waals surface area contributed by atoms with Gasteiger partial charge in [-0.1, -0.05) is 58.4 Å². The van der Waals surface area contributed by atoms with Crippen molar-refractivity contribution >= 4 is 49.3 Å². The van der Waals surface area contributed by atoms with Crippen LogP contribution >= 0.6 is 38.5 Å². The van der Waals surface area contributed by atoms with Crippen molar-refractivity contribution in [1.82, 2.24) is 0 Å². The predicted octanol–water partition coefficient (Wildman–Crippen LogP) is 5.26. The predicted molar refractivity (Wildman–Crippen MR) is 96.8 cm³/mol. The van der Waals surface area contributed by atoms with Gasteiger partial charge in [-0.25, -0.2) is 0 Å². The lowest BCUT2D eigenvalue weighted by molar-refractivity contribution is 0.873. The minimum absolute atomic E-state index is 0.120. The molecule has 3 rings (SSSR count). The molecule has 1 unspecified atom stereocenters. The highest BCUT2D eigenvalue weighted by Crippen LogP contribution is 2.31. The second-order valence-corrected chi connectivity index (χ2v) is 6.79. The van der Waals surface area contributed by atoms with Gasteiger partial charge < -0.3 is 5.73 Å². The monoisotopic (exact) mass is 437 g/mol. The van der Waals surface area contributed by atoms with Crippen LogP contribution in [0.25, 0.3) is 10.8 Å². The molecule has 0 aromatic heterocycles. The highest BCUT2D eigenvalue weighted by atomic mass is 127. The van der Waals surface area contributed by atoms with Gasteiger partial charge in [0.15, 0.2) is 0 Å². The maximum absolute atomic E-state index is 6.53. The van der Waals surface area contributed by atoms with E-state index in [0.717, 1.165) is 10.0 Å². The summed E-state index contributed by atoms with van der Waals surface area (Å²) in [4.78, 5) is 0. The summed E-state index contributed by atoms with van der Waals surface area (Å²) in [7, 11) is 0. The summed E-state index contributed by atoms with van der Waals surface area (Å²) in [5, 5.41) is 2.45. The van der Waals surface area contributed by atoms with Crippen LogP contribution in [0.3, 0.4) is 0 Å². The molecule has 1 nitrogen and oxygen atoms in total. The van der Waals surface area contributed by atoms with Crippen molar-refractivity contribution in [3.63, 3.8) is 0 Å². The fraction of sp³-hybridized carbons (Fsp3) is 0.0588. The van der Waals surface area contributed by atoms with Crippen LogP contribution in [-0.2, 0) is 0 Å². The molecular formula is C17H13BrIN. The first-order chi connectivity index (χ1) is 9.66. The Morgan fingerprint density at radius 1 is 0.900 bits per heavy atom. The number of hydrogen-bond donors (Lipinski definition) is 1. The van der Waals surface area contributed by atoms with Crippen LogP contribution in [0, 0.1) is 3.57 Å². The summed E-state index contributed by atoms with van der Waals surface area (Å²) in [5.41, 5.74) is 8.84. The van der Waals surface area contributed by atoms with Gasteiger partial charge in [-0.3, -0.25) is 0 Å². The number of benzene rings is 3. The Kier molecular flexibility index (Phi) is 4.10. The van der Waals surface area contributed by atoms with E-state index in [-0.39, 0.29) is 6.04 Å². The molecular weight excluding hydrogens is 425 g/mol. The second-order valence-electron chi connectivity index (χ2n) is 4.71. The Balaban J connectivity index is 2.17. The van der Waals surface area contributed by atoms with E-state index >= 15 is 0 Å². The quantitative estimate of drug-likeness (QED) is 0.544. The third-order valence-corrected chi connectivity index (χ3v) is 4.93. The third kappa shape index (κ3) is 2.62. The maximum atomic E-state index is 6.53. The summed E-state index contributed by atoms with van der Waals surface area (Å²) in [6.45, 7) is 0. The van der Waals surface area contributed by atoms with Gasteiger partial charge in [0, 0.05) is 8.04 Å². The van der Waals surface area contributed by atoms with Crippen molar-refractivity contribution < 1.29 is 0 Å². The summed E-state index contributed by atoms with van der Waals surface area (Å²) in [6, 6.07) is 20.8. The molecule has 3 heteroatoms. The number of rotatable bonds is 2. The van der Waals surface area contributed by atoms with E-state index in [9.17, 15) is 0 Å². The summed E-state index contributed by atoms with van der Waals surface area (Å²) >= 11 is 5.87. The number of hydrogen-bond acceptors (Lipinski definition) is 1. The number of fused-ring (bicyclic) bond motifs is 1. The zero-order valence-electron chi connectivity index (χ0n) is 10.7. The van der Waals surface area contributed by atoms with E-state index in [0.29, 0.717) is 0 Å². The molecule has 1 atom stereocenters. The van der Waals surface area contributed by atoms with E-state index in [1.807, 2.05) is 6.07 Å². The summed E-state index contributed by atoms with van der Waals surface area (Å²) in [6.07, 6.45) is 0. The van der Waals surface area contributed by atoms with Crippen LogP contribution in [0.5, 0.6) is 0 Å². The zero-order chi connectivity index (χ0) is 14.1. The van der Waals surface area contributed by atoms with Gasteiger partial charge in [0.2, 0.25) is 0 Å². The lowest BCUT2D eigenvalue weighted by Crippen LogP contribution is -2.13. The first-order valence-corrected chi connectivity index (χ1v) is 8.22. The maximum Gasteiger partial charge on any atom is 0.0568 e. The SMILES string of the molecule is NC(c1cc(Br)ccc1I)c1cccc2ccccc12. The van der Waals surface area contributed by atoms with Crippen LogP contribution < -0.4 is 5.73 Å². The van der Waals surface area contributed by atoms with Gasteiger partial charge in [-0.05, 0) is 62.7 Å². The minimum Gasteiger partial charge on any atom is -0.320 e. The first kappa shape index (κ1) is 14.0. The molecule has 0 radical (unpaired) electrons. The van der Waals surface area contributed by atoms with Crippen molar-refractivity contribution in [3.8, 4) is 0 Å². The highest BCUT2D eigenvalue weighted by molar-refractivity contribution is 14.1. The minimum atomic E-state index is -0.120. The van der Waals surface area contributed by atoms with Crippen molar-refractivity contribution in [3.05, 3.63) is 79.8 Å². The Labute approximate surface area is 140 Å². The van der Waals surface area contributed by atoms with E-state index in [1.165, 1.54) is 19.9 Å². The molecule has 0 heterocycles. The van der Waals surface area contributed by atoms with Gasteiger partial charge in [0.1, 0.15) is 0 Å². The average molecular weight is 438 g/mol. The second kappa shape index (κ2) is 5.84. The molecule has 0 aliphatic rings. The van der Waals surface area contributed by atoms with E-state index in [2.05, 4.69) is 93.1 Å². The van der Waals surface area contributed by atoms with Crippen molar-refractivity contribution in [2.75, 3.05) is 0 Å². The van der Waals surface area contributed by atoms with Gasteiger partial charge in [0.05, 0.1) is 6.04 Å². The molecule has 3 aromatic carbocycles. The largest absolute Gasteiger partial charge is 0.320 e. The van der Waals surface area contributed by atoms with Gasteiger partial charge in [-0.2, -0.15) is 0 Å². The molecule has 100 valence electrons. The Bertz CT molecular complexity index is 765. The number of halogens is 2. The Morgan fingerprint density at radius 3 is 2.50 bits per heavy atom. The molecule has 0 saturated carbocycles. The molecule has 0 spiro atoms. The van der Waals surface area contributed by atoms with E-state index in [4.69, 9.17) is 5.73 Å². The molecule has 0 bridgehead atoms. The van der Waals surface area contributed by atoms with Crippen LogP contribution in [0.4, 0.5) is 0 Å². The Morgan fingerprint density at radius 2 is 1.65 bits per heavy atom. The van der Waals surface area contributed by atoms with Crippen LogP contribution in [-0.4, -0.2) is 0 Å². The molecule has 3 aromatic rings. The van der Waals surface area contributed by atoms with Gasteiger partial charge in [-0.15, -0.1) is 0 Å². The molecule has 20 heavy (non-hydrogen) atoms. The van der Waals surface area contributed by atoms with Crippen LogP contribution in [0.1, 0.15) is 17.2 Å². The van der Waals surface area contributed by atoms with Crippen LogP contribution in [0.15, 0.2) is 65.1 Å². The van der Waals surface area contributed by atoms with Crippen LogP contribution in [0.2, 0.25) is 0 Å². The lowest BCUT2D eigenvalue weighted by Gasteiger charge is -2.17. The van der Waals surface area contributed by atoms with Gasteiger partial charge >= 0.3 is 0 Å². The summed E-state index contributed by atoms with van der Waals surface area (Å²) < 4.78 is 2.25. The van der Waals surface area contributed by atoms with E-state index < -0.39 is 0 Å². The molecule has 0 fully saturated rings. The van der Waals surface area contributed by atoms with Crippen molar-refractivity contribution in [1.29, 1.82) is 0 Å². The zero-order valence-corrected chi connectivity index (χ0v) is 14.4. The smallest absolute Gasteiger partial charge is 0.0568 e. The number of nitrogens with two attached hydrogens (primary N) is 1. The Hall–Kier alpha value is -0.910. The van der Waals surface area contributed by atoms with Crippen molar-refractivity contribution in [2.24, 2.45) is 5.73 Å². The third-order valence-electron chi connectivity index (χ3n) is 3.45. The fourth-order valence-corrected chi connectivity index (χ4v) is 3.49. The standard InChI is InChI=1S/C17H13BrIN/c18-12-8-9-16(19)15(10-12)17(20)14-7-3-5-11-4-1-2-6-13(11)14/h1-10,17H,20H2. The fourth-order valence-electron chi connectivity index (χ4n) is 2.44. The molecule has 0 aliphatic carbocycles. The molecule has 0 amide bonds. The first-order valence-electron chi connectivity index (χ1n) is 6.35. The normalized spacial score (nSPS) is 12.6. The molecule has 0 saturated heterocycles. The average Bonchev–Trinajstić information content (AvgIpc) is 2.48. The highest BCUT2D eigenvalue weighted by Gasteiger charge is 2.15. The lowest BCUT2D eigenvalue weighted by atomic mass is 9.94. The van der Waals surface area contributed by atoms with E-state index in [1.54, 1.807) is 0 Å². The molecule has 0 aliphatic heterocycles. The molecule has 2 N–H and O–H groups in total. The topological polar surface area (TPSA) is 26.0 Å². The van der Waals surface area contributed by atoms with Crippen molar-refractivity contribution in [2.45, 2.75) is 6.04 Å². The summed E-state index contributed by atoms with van der Waals surface area (Å²) in [5.74, 6) is 0. The van der Waals surface area contributed by atoms with Gasteiger partial charge in [0.25, 0.3) is 0 Å².